The van der Waals surface area contributed by atoms with Gasteiger partial charge in [-0.15, -0.1) is 0 Å². The van der Waals surface area contributed by atoms with Crippen molar-refractivity contribution < 1.29 is 4.39 Å². The lowest BCUT2D eigenvalue weighted by Gasteiger charge is -2.11. The van der Waals surface area contributed by atoms with Gasteiger partial charge < -0.3 is 4.98 Å². The summed E-state index contributed by atoms with van der Waals surface area (Å²) >= 11 is 0. The van der Waals surface area contributed by atoms with E-state index in [0.29, 0.717) is 23.0 Å². The third-order valence-corrected chi connectivity index (χ3v) is 6.70. The van der Waals surface area contributed by atoms with Gasteiger partial charge in [-0.2, -0.15) is 0 Å². The van der Waals surface area contributed by atoms with Crippen molar-refractivity contribution >= 4 is 21.8 Å². The zero-order chi connectivity index (χ0) is 25.5. The molecule has 0 aliphatic carbocycles. The standard InChI is InChI=1S/C33H21FN4/c34-25-19-23(26-15-9-17-29-30(26)27-14-7-8-16-28(27)35-29)18-24(20-25)33-37-31(21-10-3-1-4-11-21)36-32(38-33)22-12-5-2-6-13-22/h1-20,35H. The van der Waals surface area contributed by atoms with Crippen molar-refractivity contribution in [2.45, 2.75) is 0 Å². The van der Waals surface area contributed by atoms with Gasteiger partial charge in [0.1, 0.15) is 5.82 Å². The first-order valence-corrected chi connectivity index (χ1v) is 12.4. The number of nitrogens with zero attached hydrogens (tertiary/aromatic N) is 3. The van der Waals surface area contributed by atoms with Crippen molar-refractivity contribution in [2.75, 3.05) is 0 Å². The first-order valence-electron chi connectivity index (χ1n) is 12.4. The number of benzene rings is 5. The highest BCUT2D eigenvalue weighted by molar-refractivity contribution is 6.14. The van der Waals surface area contributed by atoms with Crippen LogP contribution in [0.2, 0.25) is 0 Å². The average Bonchev–Trinajstić information content (AvgIpc) is 3.36. The van der Waals surface area contributed by atoms with E-state index in [1.807, 2.05) is 97.1 Å². The molecule has 7 rings (SSSR count). The van der Waals surface area contributed by atoms with E-state index in [-0.39, 0.29) is 5.82 Å². The van der Waals surface area contributed by atoms with Crippen LogP contribution in [0.3, 0.4) is 0 Å². The molecule has 2 heterocycles. The molecule has 0 aliphatic rings. The van der Waals surface area contributed by atoms with Gasteiger partial charge in [-0.05, 0) is 41.5 Å². The Labute approximate surface area is 218 Å². The normalized spacial score (nSPS) is 11.3. The highest BCUT2D eigenvalue weighted by Crippen LogP contribution is 2.36. The lowest BCUT2D eigenvalue weighted by molar-refractivity contribution is 0.628. The second kappa shape index (κ2) is 9.05. The summed E-state index contributed by atoms with van der Waals surface area (Å²) in [5.74, 6) is 1.15. The van der Waals surface area contributed by atoms with Gasteiger partial charge in [-0.1, -0.05) is 91.0 Å². The van der Waals surface area contributed by atoms with Crippen LogP contribution in [0.4, 0.5) is 4.39 Å². The molecular formula is C33H21FN4. The third-order valence-electron chi connectivity index (χ3n) is 6.70. The summed E-state index contributed by atoms with van der Waals surface area (Å²) in [4.78, 5) is 17.8. The van der Waals surface area contributed by atoms with E-state index in [1.165, 1.54) is 6.07 Å². The Kier molecular flexibility index (Phi) is 5.26. The minimum Gasteiger partial charge on any atom is -0.354 e. The van der Waals surface area contributed by atoms with Gasteiger partial charge in [-0.25, -0.2) is 19.3 Å². The molecule has 4 nitrogen and oxygen atoms in total. The Morgan fingerprint density at radius 2 is 1.03 bits per heavy atom. The quantitative estimate of drug-likeness (QED) is 0.269. The Balaban J connectivity index is 1.44. The van der Waals surface area contributed by atoms with Crippen LogP contribution in [0.5, 0.6) is 0 Å². The topological polar surface area (TPSA) is 54.5 Å². The Morgan fingerprint density at radius 1 is 0.474 bits per heavy atom. The third kappa shape index (κ3) is 3.91. The van der Waals surface area contributed by atoms with Crippen LogP contribution in [0.25, 0.3) is 67.1 Å². The first-order chi connectivity index (χ1) is 18.7. The molecule has 0 atom stereocenters. The fourth-order valence-corrected chi connectivity index (χ4v) is 4.95. The number of rotatable bonds is 4. The van der Waals surface area contributed by atoms with Crippen LogP contribution in [0.1, 0.15) is 0 Å². The van der Waals surface area contributed by atoms with Gasteiger partial charge in [-0.3, -0.25) is 0 Å². The molecule has 5 heteroatoms. The summed E-state index contributed by atoms with van der Waals surface area (Å²) < 4.78 is 15.2. The van der Waals surface area contributed by atoms with E-state index in [2.05, 4.69) is 17.1 Å². The number of aromatic nitrogens is 4. The molecule has 0 fully saturated rings. The number of H-pyrrole nitrogens is 1. The molecule has 0 aliphatic heterocycles. The number of hydrogen-bond donors (Lipinski definition) is 1. The van der Waals surface area contributed by atoms with E-state index in [1.54, 1.807) is 6.07 Å². The largest absolute Gasteiger partial charge is 0.354 e. The second-order valence-electron chi connectivity index (χ2n) is 9.17. The summed E-state index contributed by atoms with van der Waals surface area (Å²) in [6, 6.07) is 38.8. The Bertz CT molecular complexity index is 1870. The van der Waals surface area contributed by atoms with Crippen LogP contribution in [0.15, 0.2) is 121 Å². The number of fused-ring (bicyclic) bond motifs is 3. The van der Waals surface area contributed by atoms with Crippen LogP contribution in [-0.4, -0.2) is 19.9 Å². The van der Waals surface area contributed by atoms with E-state index in [9.17, 15) is 0 Å². The highest BCUT2D eigenvalue weighted by Gasteiger charge is 2.16. The minimum atomic E-state index is -0.350. The lowest BCUT2D eigenvalue weighted by Crippen LogP contribution is -2.00. The van der Waals surface area contributed by atoms with Gasteiger partial charge in [0.25, 0.3) is 0 Å². The van der Waals surface area contributed by atoms with Crippen LogP contribution < -0.4 is 0 Å². The maximum absolute atomic E-state index is 15.2. The van der Waals surface area contributed by atoms with Crippen LogP contribution in [-0.2, 0) is 0 Å². The summed E-state index contributed by atoms with van der Waals surface area (Å²) in [7, 11) is 0. The van der Waals surface area contributed by atoms with Crippen molar-refractivity contribution in [3.05, 3.63) is 127 Å². The maximum atomic E-state index is 15.2. The number of nitrogens with one attached hydrogen (secondary N) is 1. The van der Waals surface area contributed by atoms with Gasteiger partial charge in [0.2, 0.25) is 0 Å². The second-order valence-corrected chi connectivity index (χ2v) is 9.17. The van der Waals surface area contributed by atoms with Crippen molar-refractivity contribution in [3.63, 3.8) is 0 Å². The van der Waals surface area contributed by atoms with E-state index in [0.717, 1.165) is 44.1 Å². The van der Waals surface area contributed by atoms with Crippen molar-refractivity contribution in [3.8, 4) is 45.3 Å². The van der Waals surface area contributed by atoms with Crippen molar-refractivity contribution in [2.24, 2.45) is 0 Å². The van der Waals surface area contributed by atoms with Gasteiger partial charge in [0.15, 0.2) is 17.5 Å². The van der Waals surface area contributed by atoms with Crippen LogP contribution >= 0.6 is 0 Å². The molecule has 0 amide bonds. The van der Waals surface area contributed by atoms with Crippen molar-refractivity contribution in [1.29, 1.82) is 0 Å². The van der Waals surface area contributed by atoms with E-state index < -0.39 is 0 Å². The van der Waals surface area contributed by atoms with E-state index >= 15 is 4.39 Å². The first kappa shape index (κ1) is 22.1. The molecule has 0 bridgehead atoms. The minimum absolute atomic E-state index is 0.350. The smallest absolute Gasteiger partial charge is 0.164 e. The van der Waals surface area contributed by atoms with Gasteiger partial charge in [0.05, 0.1) is 0 Å². The molecule has 0 radical (unpaired) electrons. The van der Waals surface area contributed by atoms with Crippen LogP contribution in [0, 0.1) is 5.82 Å². The molecule has 5 aromatic carbocycles. The number of halogens is 1. The average molecular weight is 493 g/mol. The fraction of sp³-hybridized carbons (Fsp3) is 0. The maximum Gasteiger partial charge on any atom is 0.164 e. The summed E-state index contributed by atoms with van der Waals surface area (Å²) in [5, 5.41) is 2.16. The molecular weight excluding hydrogens is 471 g/mol. The number of hydrogen-bond acceptors (Lipinski definition) is 3. The SMILES string of the molecule is Fc1cc(-c2nc(-c3ccccc3)nc(-c3ccccc3)n2)cc(-c2cccc3[nH]c4ccccc4c23)c1. The molecule has 0 spiro atoms. The molecule has 0 unspecified atom stereocenters. The predicted molar refractivity (Wildman–Crippen MR) is 151 cm³/mol. The van der Waals surface area contributed by atoms with Gasteiger partial charge >= 0.3 is 0 Å². The summed E-state index contributed by atoms with van der Waals surface area (Å²) in [6.07, 6.45) is 0. The molecule has 0 saturated carbocycles. The number of aromatic amines is 1. The monoisotopic (exact) mass is 492 g/mol. The fourth-order valence-electron chi connectivity index (χ4n) is 4.95. The Morgan fingerprint density at radius 3 is 1.71 bits per heavy atom. The van der Waals surface area contributed by atoms with Crippen molar-refractivity contribution in [1.82, 2.24) is 19.9 Å². The summed E-state index contributed by atoms with van der Waals surface area (Å²) in [5.41, 5.74) is 6.09. The lowest BCUT2D eigenvalue weighted by atomic mass is 9.97. The Hall–Kier alpha value is -5.16. The predicted octanol–water partition coefficient (Wildman–Crippen LogP) is 8.31. The molecule has 0 saturated heterocycles. The molecule has 38 heavy (non-hydrogen) atoms. The molecule has 2 aromatic heterocycles. The van der Waals surface area contributed by atoms with E-state index in [4.69, 9.17) is 15.0 Å². The zero-order valence-electron chi connectivity index (χ0n) is 20.3. The van der Waals surface area contributed by atoms with Gasteiger partial charge in [0, 0.05) is 38.5 Å². The zero-order valence-corrected chi connectivity index (χ0v) is 20.3. The molecule has 180 valence electrons. The number of para-hydroxylation sites is 1. The summed E-state index contributed by atoms with van der Waals surface area (Å²) in [6.45, 7) is 0. The molecule has 7 aromatic rings. The molecule has 1 N–H and O–H groups in total. The highest BCUT2D eigenvalue weighted by atomic mass is 19.1.